The molecular weight excluding hydrogens is 300 g/mol. The molecule has 3 rings (SSSR count). The van der Waals surface area contributed by atoms with Gasteiger partial charge in [0.1, 0.15) is 0 Å². The van der Waals surface area contributed by atoms with Gasteiger partial charge < -0.3 is 14.4 Å². The van der Waals surface area contributed by atoms with Crippen LogP contribution in [0.25, 0.3) is 17.0 Å². The van der Waals surface area contributed by atoms with Crippen LogP contribution in [0.5, 0.6) is 0 Å². The molecule has 5 nitrogen and oxygen atoms in total. The van der Waals surface area contributed by atoms with Gasteiger partial charge in [0, 0.05) is 61.5 Å². The van der Waals surface area contributed by atoms with Crippen LogP contribution in [0.1, 0.15) is 12.0 Å². The minimum Gasteiger partial charge on any atom is -0.346 e. The molecule has 2 heterocycles. The molecule has 24 heavy (non-hydrogen) atoms. The Morgan fingerprint density at radius 2 is 2.00 bits per heavy atom. The Kier molecular flexibility index (Phi) is 4.97. The van der Waals surface area contributed by atoms with Crippen molar-refractivity contribution < 1.29 is 4.79 Å². The molecular formula is C19H22N4O. The fraction of sp³-hybridized carbons (Fsp3) is 0.368. The Labute approximate surface area is 142 Å². The Morgan fingerprint density at radius 1 is 1.25 bits per heavy atom. The molecule has 0 radical (unpaired) electrons. The molecule has 0 spiro atoms. The number of hydrogen-bond donors (Lipinski definition) is 0. The van der Waals surface area contributed by atoms with Crippen molar-refractivity contribution in [3.63, 3.8) is 0 Å². The number of benzene rings is 1. The van der Waals surface area contributed by atoms with Gasteiger partial charge in [-0.15, -0.1) is 0 Å². The van der Waals surface area contributed by atoms with Gasteiger partial charge in [0.15, 0.2) is 0 Å². The van der Waals surface area contributed by atoms with E-state index in [0.29, 0.717) is 13.0 Å². The van der Waals surface area contributed by atoms with Crippen molar-refractivity contribution in [2.24, 2.45) is 0 Å². The number of hydrogen-bond acceptors (Lipinski definition) is 3. The Bertz CT molecular complexity index is 791. The maximum absolute atomic E-state index is 12.4. The first-order valence-electron chi connectivity index (χ1n) is 8.29. The number of nitriles is 1. The van der Waals surface area contributed by atoms with Crippen LogP contribution in [0.15, 0.2) is 36.5 Å². The summed E-state index contributed by atoms with van der Waals surface area (Å²) in [5, 5.41) is 9.92. The lowest BCUT2D eigenvalue weighted by Crippen LogP contribution is -2.46. The first kappa shape index (κ1) is 16.3. The molecule has 0 N–H and O–H groups in total. The van der Waals surface area contributed by atoms with Crippen molar-refractivity contribution in [2.45, 2.75) is 13.0 Å². The standard InChI is InChI=1S/C19H22N4O/c1-21-11-13-22(14-12-21)19(24)8-7-16-15-23(10-4-9-20)18-6-3-2-5-17(16)18/h2-3,5-8,15H,4,10-14H2,1H3. The highest BCUT2D eigenvalue weighted by molar-refractivity contribution is 5.96. The molecule has 0 unspecified atom stereocenters. The summed E-state index contributed by atoms with van der Waals surface area (Å²) in [7, 11) is 2.08. The fourth-order valence-electron chi connectivity index (χ4n) is 3.06. The first-order valence-corrected chi connectivity index (χ1v) is 8.29. The van der Waals surface area contributed by atoms with Gasteiger partial charge in [-0.1, -0.05) is 18.2 Å². The lowest BCUT2D eigenvalue weighted by atomic mass is 10.1. The van der Waals surface area contributed by atoms with E-state index in [-0.39, 0.29) is 5.91 Å². The highest BCUT2D eigenvalue weighted by Crippen LogP contribution is 2.23. The lowest BCUT2D eigenvalue weighted by molar-refractivity contribution is -0.127. The summed E-state index contributed by atoms with van der Waals surface area (Å²) >= 11 is 0. The maximum Gasteiger partial charge on any atom is 0.246 e. The van der Waals surface area contributed by atoms with Crippen molar-refractivity contribution in [1.82, 2.24) is 14.4 Å². The van der Waals surface area contributed by atoms with E-state index in [1.165, 1.54) is 0 Å². The zero-order valence-electron chi connectivity index (χ0n) is 14.0. The zero-order chi connectivity index (χ0) is 16.9. The van der Waals surface area contributed by atoms with Gasteiger partial charge in [-0.3, -0.25) is 4.79 Å². The van der Waals surface area contributed by atoms with Crippen molar-refractivity contribution >= 4 is 22.9 Å². The van der Waals surface area contributed by atoms with Crippen molar-refractivity contribution in [3.8, 4) is 6.07 Å². The molecule has 1 aromatic heterocycles. The second kappa shape index (κ2) is 7.33. The van der Waals surface area contributed by atoms with E-state index in [4.69, 9.17) is 5.26 Å². The Hall–Kier alpha value is -2.58. The zero-order valence-corrected chi connectivity index (χ0v) is 14.0. The number of rotatable bonds is 4. The van der Waals surface area contributed by atoms with Crippen LogP contribution in [0.4, 0.5) is 0 Å². The third-order valence-corrected chi connectivity index (χ3v) is 4.50. The number of aromatic nitrogens is 1. The molecule has 1 aromatic carbocycles. The summed E-state index contributed by atoms with van der Waals surface area (Å²) < 4.78 is 2.08. The molecule has 0 aliphatic carbocycles. The van der Waals surface area contributed by atoms with E-state index in [1.54, 1.807) is 6.08 Å². The molecule has 5 heteroatoms. The average Bonchev–Trinajstić information content (AvgIpc) is 2.96. The predicted octanol–water partition coefficient (Wildman–Crippen LogP) is 2.34. The average molecular weight is 322 g/mol. The van der Waals surface area contributed by atoms with Gasteiger partial charge in [-0.2, -0.15) is 5.26 Å². The van der Waals surface area contributed by atoms with E-state index in [1.807, 2.05) is 35.4 Å². The summed E-state index contributed by atoms with van der Waals surface area (Å²) in [6, 6.07) is 10.3. The van der Waals surface area contributed by atoms with Crippen LogP contribution >= 0.6 is 0 Å². The first-order chi connectivity index (χ1) is 11.7. The molecule has 0 saturated carbocycles. The van der Waals surface area contributed by atoms with Gasteiger partial charge >= 0.3 is 0 Å². The summed E-state index contributed by atoms with van der Waals surface area (Å²) in [6.45, 7) is 4.07. The third-order valence-electron chi connectivity index (χ3n) is 4.50. The molecule has 0 bridgehead atoms. The van der Waals surface area contributed by atoms with Crippen LogP contribution in [-0.2, 0) is 11.3 Å². The number of para-hydroxylation sites is 1. The minimum absolute atomic E-state index is 0.0666. The van der Waals surface area contributed by atoms with Gasteiger partial charge in [0.2, 0.25) is 5.91 Å². The van der Waals surface area contributed by atoms with Crippen LogP contribution in [0.2, 0.25) is 0 Å². The van der Waals surface area contributed by atoms with Gasteiger partial charge in [0.25, 0.3) is 0 Å². The molecule has 1 aliphatic heterocycles. The maximum atomic E-state index is 12.4. The normalized spacial score (nSPS) is 15.9. The van der Waals surface area contributed by atoms with E-state index < -0.39 is 0 Å². The second-order valence-electron chi connectivity index (χ2n) is 6.16. The molecule has 1 fully saturated rings. The quantitative estimate of drug-likeness (QED) is 0.812. The monoisotopic (exact) mass is 322 g/mol. The van der Waals surface area contributed by atoms with Crippen molar-refractivity contribution in [1.29, 1.82) is 5.26 Å². The number of piperazine rings is 1. The van der Waals surface area contributed by atoms with E-state index in [2.05, 4.69) is 28.7 Å². The van der Waals surface area contributed by atoms with Crippen molar-refractivity contribution in [2.75, 3.05) is 33.2 Å². The number of aryl methyl sites for hydroxylation is 1. The molecule has 0 atom stereocenters. The number of fused-ring (bicyclic) bond motifs is 1. The molecule has 2 aromatic rings. The lowest BCUT2D eigenvalue weighted by Gasteiger charge is -2.31. The van der Waals surface area contributed by atoms with Crippen LogP contribution in [-0.4, -0.2) is 53.5 Å². The summed E-state index contributed by atoms with van der Waals surface area (Å²) in [6.07, 6.45) is 6.06. The van der Waals surface area contributed by atoms with Gasteiger partial charge in [0.05, 0.1) is 12.5 Å². The number of carbonyl (C=O) groups is 1. The second-order valence-corrected chi connectivity index (χ2v) is 6.16. The number of carbonyl (C=O) groups excluding carboxylic acids is 1. The van der Waals surface area contributed by atoms with Crippen molar-refractivity contribution in [3.05, 3.63) is 42.1 Å². The summed E-state index contributed by atoms with van der Waals surface area (Å²) in [5.41, 5.74) is 2.12. The molecule has 1 aliphatic rings. The van der Waals surface area contributed by atoms with Crippen LogP contribution < -0.4 is 0 Å². The largest absolute Gasteiger partial charge is 0.346 e. The van der Waals surface area contributed by atoms with Crippen LogP contribution in [0, 0.1) is 11.3 Å². The van der Waals surface area contributed by atoms with E-state index in [0.717, 1.165) is 42.6 Å². The highest BCUT2D eigenvalue weighted by Gasteiger charge is 2.17. The summed E-state index contributed by atoms with van der Waals surface area (Å²) in [5.74, 6) is 0.0666. The number of amides is 1. The van der Waals surface area contributed by atoms with Gasteiger partial charge in [-0.05, 0) is 19.2 Å². The van der Waals surface area contributed by atoms with Gasteiger partial charge in [-0.25, -0.2) is 0 Å². The van der Waals surface area contributed by atoms with E-state index in [9.17, 15) is 4.79 Å². The minimum atomic E-state index is 0.0666. The topological polar surface area (TPSA) is 52.3 Å². The number of likely N-dealkylation sites (N-methyl/N-ethyl adjacent to an activating group) is 1. The fourth-order valence-corrected chi connectivity index (χ4v) is 3.06. The molecule has 124 valence electrons. The van der Waals surface area contributed by atoms with E-state index >= 15 is 0 Å². The molecule has 1 saturated heterocycles. The Morgan fingerprint density at radius 3 is 2.75 bits per heavy atom. The smallest absolute Gasteiger partial charge is 0.246 e. The third kappa shape index (κ3) is 3.50. The van der Waals surface area contributed by atoms with Crippen LogP contribution in [0.3, 0.4) is 0 Å². The highest BCUT2D eigenvalue weighted by atomic mass is 16.2. The summed E-state index contributed by atoms with van der Waals surface area (Å²) in [4.78, 5) is 16.5. The SMILES string of the molecule is CN1CCN(C(=O)C=Cc2cn(CCC#N)c3ccccc23)CC1. The number of nitrogens with zero attached hydrogens (tertiary/aromatic N) is 4. The predicted molar refractivity (Wildman–Crippen MR) is 95.3 cm³/mol. The molecule has 1 amide bonds. The Balaban J connectivity index is 1.79.